The van der Waals surface area contributed by atoms with E-state index < -0.39 is 17.5 Å². The number of hydrogen-bond acceptors (Lipinski definition) is 6. The van der Waals surface area contributed by atoms with Crippen molar-refractivity contribution in [3.05, 3.63) is 64.6 Å². The van der Waals surface area contributed by atoms with Crippen LogP contribution in [0.2, 0.25) is 0 Å². The minimum absolute atomic E-state index is 0.181. The Bertz CT molecular complexity index is 1010. The highest BCUT2D eigenvalue weighted by Crippen LogP contribution is 2.33. The standard InChI is InChI=1S/C22H26N4O3S/c1-6-22(4,5)23-20(27)19(18-11-8-12-29-18)26(21(28)16-13-30-25-24-16)17-10-7-9-14(2)15(17)3/h7-13,19H,6H2,1-5H3,(H,23,27). The van der Waals surface area contributed by atoms with Crippen LogP contribution in [0.5, 0.6) is 0 Å². The number of hydrogen-bond donors (Lipinski definition) is 1. The summed E-state index contributed by atoms with van der Waals surface area (Å²) in [6, 6.07) is 8.07. The number of aryl methyl sites for hydroxylation is 1. The lowest BCUT2D eigenvalue weighted by molar-refractivity contribution is -0.124. The zero-order valence-electron chi connectivity index (χ0n) is 17.8. The number of amides is 2. The number of nitrogens with zero attached hydrogens (tertiary/aromatic N) is 3. The van der Waals surface area contributed by atoms with Crippen LogP contribution in [0.1, 0.15) is 60.6 Å². The van der Waals surface area contributed by atoms with E-state index in [4.69, 9.17) is 4.42 Å². The minimum atomic E-state index is -1.000. The molecule has 2 amide bonds. The lowest BCUT2D eigenvalue weighted by Crippen LogP contribution is -2.50. The summed E-state index contributed by atoms with van der Waals surface area (Å²) < 4.78 is 9.44. The fourth-order valence-electron chi connectivity index (χ4n) is 3.05. The fourth-order valence-corrected chi connectivity index (χ4v) is 3.48. The number of furan rings is 1. The number of rotatable bonds is 7. The van der Waals surface area contributed by atoms with E-state index in [0.717, 1.165) is 29.1 Å². The summed E-state index contributed by atoms with van der Waals surface area (Å²) in [6.45, 7) is 9.78. The number of nitrogens with one attached hydrogen (secondary N) is 1. The Morgan fingerprint density at radius 3 is 2.60 bits per heavy atom. The molecule has 1 atom stereocenters. The van der Waals surface area contributed by atoms with Gasteiger partial charge in [0, 0.05) is 16.6 Å². The van der Waals surface area contributed by atoms with E-state index in [1.54, 1.807) is 17.5 Å². The van der Waals surface area contributed by atoms with Crippen molar-refractivity contribution >= 4 is 29.0 Å². The summed E-state index contributed by atoms with van der Waals surface area (Å²) in [5.74, 6) is -0.366. The second kappa shape index (κ2) is 8.79. The Hall–Kier alpha value is -3.00. The largest absolute Gasteiger partial charge is 0.467 e. The van der Waals surface area contributed by atoms with Gasteiger partial charge < -0.3 is 9.73 Å². The third kappa shape index (κ3) is 4.43. The van der Waals surface area contributed by atoms with Crippen molar-refractivity contribution in [2.45, 2.75) is 52.6 Å². The second-order valence-electron chi connectivity index (χ2n) is 7.83. The lowest BCUT2D eigenvalue weighted by atomic mass is 9.99. The molecule has 0 saturated heterocycles. The number of carbonyl (C=O) groups excluding carboxylic acids is 2. The van der Waals surface area contributed by atoms with E-state index >= 15 is 0 Å². The number of carbonyl (C=O) groups is 2. The predicted molar refractivity (Wildman–Crippen MR) is 117 cm³/mol. The SMILES string of the molecule is CCC(C)(C)NC(=O)C(c1ccco1)N(C(=O)c1csnn1)c1cccc(C)c1C. The fraction of sp³-hybridized carbons (Fsp3) is 0.364. The number of anilines is 1. The van der Waals surface area contributed by atoms with Crippen LogP contribution in [0.3, 0.4) is 0 Å². The molecule has 1 unspecified atom stereocenters. The van der Waals surface area contributed by atoms with Gasteiger partial charge in [-0.15, -0.1) is 5.10 Å². The second-order valence-corrected chi connectivity index (χ2v) is 8.44. The van der Waals surface area contributed by atoms with E-state index in [2.05, 4.69) is 14.9 Å². The van der Waals surface area contributed by atoms with Gasteiger partial charge in [0.1, 0.15) is 5.76 Å². The van der Waals surface area contributed by atoms with Gasteiger partial charge in [-0.2, -0.15) is 0 Å². The highest BCUT2D eigenvalue weighted by atomic mass is 32.1. The molecule has 0 saturated carbocycles. The van der Waals surface area contributed by atoms with Crippen LogP contribution in [0.4, 0.5) is 5.69 Å². The molecule has 2 heterocycles. The maximum absolute atomic E-state index is 13.6. The Morgan fingerprint density at radius 2 is 2.00 bits per heavy atom. The molecular weight excluding hydrogens is 400 g/mol. The summed E-state index contributed by atoms with van der Waals surface area (Å²) in [6.07, 6.45) is 2.23. The van der Waals surface area contributed by atoms with Crippen LogP contribution >= 0.6 is 11.5 Å². The molecular formula is C22H26N4O3S. The Kier molecular flexibility index (Phi) is 6.36. The molecule has 2 aromatic heterocycles. The first-order valence-corrected chi connectivity index (χ1v) is 10.6. The van der Waals surface area contributed by atoms with E-state index in [-0.39, 0.29) is 11.6 Å². The topological polar surface area (TPSA) is 88.3 Å². The summed E-state index contributed by atoms with van der Waals surface area (Å²) >= 11 is 1.09. The molecule has 3 aromatic rings. The third-order valence-electron chi connectivity index (χ3n) is 5.30. The summed E-state index contributed by atoms with van der Waals surface area (Å²) in [5.41, 5.74) is 2.27. The average Bonchev–Trinajstić information content (AvgIpc) is 3.42. The lowest BCUT2D eigenvalue weighted by Gasteiger charge is -2.33. The molecule has 1 aromatic carbocycles. The maximum Gasteiger partial charge on any atom is 0.280 e. The average molecular weight is 427 g/mol. The Balaban J connectivity index is 2.17. The smallest absolute Gasteiger partial charge is 0.280 e. The van der Waals surface area contributed by atoms with Crippen molar-refractivity contribution in [1.82, 2.24) is 14.9 Å². The van der Waals surface area contributed by atoms with Crippen LogP contribution in [-0.2, 0) is 4.79 Å². The zero-order chi connectivity index (χ0) is 21.9. The molecule has 0 radical (unpaired) electrons. The predicted octanol–water partition coefficient (Wildman–Crippen LogP) is 4.44. The molecule has 0 bridgehead atoms. The molecule has 8 heteroatoms. The van der Waals surface area contributed by atoms with Crippen molar-refractivity contribution < 1.29 is 14.0 Å². The Morgan fingerprint density at radius 1 is 1.23 bits per heavy atom. The van der Waals surface area contributed by atoms with Crippen LogP contribution in [0.25, 0.3) is 0 Å². The molecule has 0 aliphatic carbocycles. The summed E-state index contributed by atoms with van der Waals surface area (Å²) in [5, 5.41) is 8.57. The van der Waals surface area contributed by atoms with Crippen LogP contribution in [0.15, 0.2) is 46.4 Å². The molecule has 1 N–H and O–H groups in total. The van der Waals surface area contributed by atoms with Crippen molar-refractivity contribution in [2.75, 3.05) is 4.90 Å². The van der Waals surface area contributed by atoms with E-state index in [9.17, 15) is 9.59 Å². The van der Waals surface area contributed by atoms with E-state index in [0.29, 0.717) is 11.4 Å². The zero-order valence-corrected chi connectivity index (χ0v) is 18.6. The minimum Gasteiger partial charge on any atom is -0.467 e. The van der Waals surface area contributed by atoms with E-state index in [1.165, 1.54) is 11.2 Å². The molecule has 30 heavy (non-hydrogen) atoms. The first kappa shape index (κ1) is 21.7. The van der Waals surface area contributed by atoms with Crippen molar-refractivity contribution in [1.29, 1.82) is 0 Å². The van der Waals surface area contributed by atoms with Gasteiger partial charge in [-0.05, 0) is 75.0 Å². The highest BCUT2D eigenvalue weighted by Gasteiger charge is 2.38. The van der Waals surface area contributed by atoms with Crippen molar-refractivity contribution in [3.63, 3.8) is 0 Å². The van der Waals surface area contributed by atoms with Gasteiger partial charge in [0.2, 0.25) is 0 Å². The highest BCUT2D eigenvalue weighted by molar-refractivity contribution is 7.03. The number of benzene rings is 1. The van der Waals surface area contributed by atoms with Gasteiger partial charge in [0.05, 0.1) is 6.26 Å². The van der Waals surface area contributed by atoms with E-state index in [1.807, 2.05) is 52.8 Å². The van der Waals surface area contributed by atoms with Crippen LogP contribution in [0, 0.1) is 13.8 Å². The third-order valence-corrected chi connectivity index (χ3v) is 5.80. The van der Waals surface area contributed by atoms with Crippen molar-refractivity contribution in [2.24, 2.45) is 0 Å². The maximum atomic E-state index is 13.6. The monoisotopic (exact) mass is 426 g/mol. The molecule has 158 valence electrons. The van der Waals surface area contributed by atoms with Crippen LogP contribution in [-0.4, -0.2) is 26.9 Å². The summed E-state index contributed by atoms with van der Waals surface area (Å²) in [4.78, 5) is 28.5. The molecule has 0 spiro atoms. The van der Waals surface area contributed by atoms with Crippen molar-refractivity contribution in [3.8, 4) is 0 Å². The number of aromatic nitrogens is 2. The van der Waals surface area contributed by atoms with Gasteiger partial charge in [0.25, 0.3) is 11.8 Å². The first-order chi connectivity index (χ1) is 14.2. The summed E-state index contributed by atoms with van der Waals surface area (Å²) in [7, 11) is 0. The Labute approximate surface area is 180 Å². The van der Waals surface area contributed by atoms with Gasteiger partial charge in [-0.25, -0.2) is 0 Å². The van der Waals surface area contributed by atoms with Gasteiger partial charge in [-0.1, -0.05) is 23.5 Å². The molecule has 0 aliphatic rings. The molecule has 0 fully saturated rings. The normalized spacial score (nSPS) is 12.4. The van der Waals surface area contributed by atoms with Gasteiger partial charge in [0.15, 0.2) is 11.7 Å². The molecule has 3 rings (SSSR count). The first-order valence-electron chi connectivity index (χ1n) is 9.77. The molecule has 0 aliphatic heterocycles. The van der Waals surface area contributed by atoms with Gasteiger partial charge >= 0.3 is 0 Å². The van der Waals surface area contributed by atoms with Crippen LogP contribution < -0.4 is 10.2 Å². The van der Waals surface area contributed by atoms with Gasteiger partial charge in [-0.3, -0.25) is 14.5 Å². The molecule has 7 nitrogen and oxygen atoms in total. The quantitative estimate of drug-likeness (QED) is 0.603.